The van der Waals surface area contributed by atoms with Crippen LogP contribution in [0.4, 0.5) is 4.79 Å². The highest BCUT2D eigenvalue weighted by molar-refractivity contribution is 5.73. The lowest BCUT2D eigenvalue weighted by molar-refractivity contribution is -0.174. The molecule has 0 aromatic rings. The van der Waals surface area contributed by atoms with Gasteiger partial charge in [-0.2, -0.15) is 0 Å². The van der Waals surface area contributed by atoms with E-state index in [1.807, 2.05) is 6.92 Å². The van der Waals surface area contributed by atoms with E-state index in [1.54, 1.807) is 20.8 Å². The summed E-state index contributed by atoms with van der Waals surface area (Å²) in [6.45, 7) is 11.4. The Labute approximate surface area is 156 Å². The Morgan fingerprint density at radius 3 is 2.04 bits per heavy atom. The average molecular weight is 373 g/mol. The number of ether oxygens (including phenoxy) is 2. The summed E-state index contributed by atoms with van der Waals surface area (Å²) in [6, 6.07) is 0. The third-order valence-corrected chi connectivity index (χ3v) is 4.15. The summed E-state index contributed by atoms with van der Waals surface area (Å²) in [6.07, 6.45) is 0.764. The first kappa shape index (κ1) is 24.2. The first-order chi connectivity index (χ1) is 12.1. The van der Waals surface area contributed by atoms with Gasteiger partial charge in [-0.25, -0.2) is 4.79 Å². The number of aliphatic carboxylic acids is 1. The molecule has 3 atom stereocenters. The Morgan fingerprint density at radius 2 is 1.62 bits per heavy atom. The molecule has 2 N–H and O–H groups in total. The maximum atomic E-state index is 12.0. The molecule has 0 aromatic carbocycles. The van der Waals surface area contributed by atoms with Crippen LogP contribution in [0, 0.1) is 23.7 Å². The fourth-order valence-electron chi connectivity index (χ4n) is 2.63. The molecule has 0 aliphatic carbocycles. The molecule has 7 nitrogen and oxygen atoms in total. The van der Waals surface area contributed by atoms with E-state index in [2.05, 4.69) is 19.2 Å². The molecule has 152 valence electrons. The first-order valence-electron chi connectivity index (χ1n) is 9.47. The number of nitrogens with one attached hydrogen (secondary N) is 1. The Balaban J connectivity index is 4.64. The Hall–Kier alpha value is -1.79. The molecule has 0 fully saturated rings. The lowest BCUT2D eigenvalue weighted by Crippen LogP contribution is -2.38. The number of carboxylic acids is 1. The maximum Gasteiger partial charge on any atom is 0.410 e. The van der Waals surface area contributed by atoms with E-state index < -0.39 is 30.2 Å². The number of carbonyl (C=O) groups excluding carboxylic acids is 2. The Kier molecular flexibility index (Phi) is 11.7. The zero-order valence-corrected chi connectivity index (χ0v) is 16.9. The highest BCUT2D eigenvalue weighted by atomic mass is 16.7. The second-order valence-electron chi connectivity index (χ2n) is 7.42. The fraction of sp³-hybridized carbons (Fsp3) is 0.842. The van der Waals surface area contributed by atoms with Crippen molar-refractivity contribution in [3.8, 4) is 0 Å². The van der Waals surface area contributed by atoms with Crippen molar-refractivity contribution in [1.29, 1.82) is 0 Å². The number of rotatable bonds is 12. The van der Waals surface area contributed by atoms with E-state index >= 15 is 0 Å². The quantitative estimate of drug-likeness (QED) is 0.398. The highest BCUT2D eigenvalue weighted by Crippen LogP contribution is 2.23. The van der Waals surface area contributed by atoms with E-state index in [0.717, 1.165) is 12.8 Å². The maximum absolute atomic E-state index is 12.0. The van der Waals surface area contributed by atoms with Crippen molar-refractivity contribution in [1.82, 2.24) is 5.32 Å². The second-order valence-corrected chi connectivity index (χ2v) is 7.42. The van der Waals surface area contributed by atoms with Gasteiger partial charge >= 0.3 is 18.0 Å². The lowest BCUT2D eigenvalue weighted by Gasteiger charge is -2.23. The van der Waals surface area contributed by atoms with E-state index in [4.69, 9.17) is 9.47 Å². The van der Waals surface area contributed by atoms with Crippen molar-refractivity contribution >= 4 is 18.0 Å². The van der Waals surface area contributed by atoms with Gasteiger partial charge in [0.25, 0.3) is 6.29 Å². The lowest BCUT2D eigenvalue weighted by atomic mass is 9.86. The molecule has 26 heavy (non-hydrogen) atoms. The monoisotopic (exact) mass is 373 g/mol. The van der Waals surface area contributed by atoms with E-state index in [0.29, 0.717) is 18.3 Å². The molecule has 0 saturated heterocycles. The number of amides is 1. The molecule has 0 spiro atoms. The molecule has 0 aliphatic rings. The van der Waals surface area contributed by atoms with Gasteiger partial charge in [-0.15, -0.1) is 0 Å². The number of carboxylic acid groups (broad SMARTS) is 1. The standard InChI is InChI=1S/C19H35NO6/c1-7-14(9-12(3)4)10-15(17(22)23)11-20-19(24)26-18(13(5)6)25-16(21)8-2/h12-15,18H,7-11H2,1-6H3,(H,20,24)(H,22,23)/t14-,15+,18+/m0/s1. The summed E-state index contributed by atoms with van der Waals surface area (Å²) in [5.41, 5.74) is 0. The Morgan fingerprint density at radius 1 is 1.00 bits per heavy atom. The number of esters is 1. The third-order valence-electron chi connectivity index (χ3n) is 4.15. The van der Waals surface area contributed by atoms with Crippen LogP contribution in [-0.4, -0.2) is 36.0 Å². The van der Waals surface area contributed by atoms with Crippen LogP contribution < -0.4 is 5.32 Å². The van der Waals surface area contributed by atoms with Gasteiger partial charge in [0.15, 0.2) is 0 Å². The van der Waals surface area contributed by atoms with Crippen LogP contribution in [0.2, 0.25) is 0 Å². The molecule has 0 bridgehead atoms. The van der Waals surface area contributed by atoms with Crippen LogP contribution in [0.25, 0.3) is 0 Å². The van der Waals surface area contributed by atoms with Crippen molar-refractivity contribution < 1.29 is 29.0 Å². The smallest absolute Gasteiger partial charge is 0.410 e. The van der Waals surface area contributed by atoms with Crippen molar-refractivity contribution in [3.63, 3.8) is 0 Å². The molecule has 0 rings (SSSR count). The van der Waals surface area contributed by atoms with E-state index in [9.17, 15) is 19.5 Å². The van der Waals surface area contributed by atoms with Gasteiger partial charge in [0.2, 0.25) is 0 Å². The molecule has 0 heterocycles. The van der Waals surface area contributed by atoms with Crippen molar-refractivity contribution in [3.05, 3.63) is 0 Å². The molecule has 0 saturated carbocycles. The van der Waals surface area contributed by atoms with Crippen LogP contribution in [0.1, 0.15) is 67.2 Å². The van der Waals surface area contributed by atoms with Crippen LogP contribution in [-0.2, 0) is 19.1 Å². The molecular weight excluding hydrogens is 338 g/mol. The fourth-order valence-corrected chi connectivity index (χ4v) is 2.63. The highest BCUT2D eigenvalue weighted by Gasteiger charge is 2.25. The van der Waals surface area contributed by atoms with Gasteiger partial charge in [0.05, 0.1) is 5.92 Å². The van der Waals surface area contributed by atoms with Crippen molar-refractivity contribution in [2.24, 2.45) is 23.7 Å². The largest absolute Gasteiger partial charge is 0.481 e. The average Bonchev–Trinajstić information content (AvgIpc) is 2.55. The number of hydrogen-bond donors (Lipinski definition) is 2. The van der Waals surface area contributed by atoms with Gasteiger partial charge in [-0.1, -0.05) is 48.0 Å². The minimum Gasteiger partial charge on any atom is -0.481 e. The minimum atomic E-state index is -0.991. The summed E-state index contributed by atoms with van der Waals surface area (Å²) >= 11 is 0. The normalized spacial score (nSPS) is 14.6. The van der Waals surface area contributed by atoms with Gasteiger partial charge in [-0.05, 0) is 24.7 Å². The minimum absolute atomic E-state index is 0.0186. The number of alkyl carbamates (subject to hydrolysis) is 1. The molecular formula is C19H35NO6. The summed E-state index contributed by atoms with van der Waals surface area (Å²) in [5.74, 6) is -1.50. The summed E-state index contributed by atoms with van der Waals surface area (Å²) in [7, 11) is 0. The van der Waals surface area contributed by atoms with Crippen molar-refractivity contribution in [2.45, 2.75) is 73.5 Å². The summed E-state index contributed by atoms with van der Waals surface area (Å²) in [5, 5.41) is 11.9. The zero-order valence-electron chi connectivity index (χ0n) is 16.9. The van der Waals surface area contributed by atoms with Gasteiger partial charge in [0, 0.05) is 18.9 Å². The predicted molar refractivity (Wildman–Crippen MR) is 98.5 cm³/mol. The van der Waals surface area contributed by atoms with Crippen molar-refractivity contribution in [2.75, 3.05) is 6.54 Å². The number of hydrogen-bond acceptors (Lipinski definition) is 5. The van der Waals surface area contributed by atoms with Crippen LogP contribution >= 0.6 is 0 Å². The topological polar surface area (TPSA) is 102 Å². The van der Waals surface area contributed by atoms with Gasteiger partial charge in [-0.3, -0.25) is 9.59 Å². The summed E-state index contributed by atoms with van der Waals surface area (Å²) in [4.78, 5) is 34.9. The zero-order chi connectivity index (χ0) is 20.3. The van der Waals surface area contributed by atoms with Crippen LogP contribution in [0.3, 0.4) is 0 Å². The SMILES string of the molecule is CCC(=O)O[C@H](OC(=O)NC[C@@H](C[C@@H](CC)CC(C)C)C(=O)O)C(C)C. The molecule has 0 aliphatic heterocycles. The van der Waals surface area contributed by atoms with Crippen LogP contribution in [0.5, 0.6) is 0 Å². The molecule has 0 aromatic heterocycles. The van der Waals surface area contributed by atoms with Gasteiger partial charge < -0.3 is 19.9 Å². The summed E-state index contributed by atoms with van der Waals surface area (Å²) < 4.78 is 10.2. The van der Waals surface area contributed by atoms with E-state index in [1.165, 1.54) is 0 Å². The molecule has 7 heteroatoms. The molecule has 1 amide bonds. The third kappa shape index (κ3) is 10.3. The number of carbonyl (C=O) groups is 3. The predicted octanol–water partition coefficient (Wildman–Crippen LogP) is 3.81. The molecule has 0 unspecified atom stereocenters. The molecule has 0 radical (unpaired) electrons. The Bertz CT molecular complexity index is 449. The van der Waals surface area contributed by atoms with Crippen LogP contribution in [0.15, 0.2) is 0 Å². The second kappa shape index (κ2) is 12.5. The van der Waals surface area contributed by atoms with Gasteiger partial charge in [0.1, 0.15) is 0 Å². The van der Waals surface area contributed by atoms with E-state index in [-0.39, 0.29) is 18.9 Å². The first-order valence-corrected chi connectivity index (χ1v) is 9.47.